The van der Waals surface area contributed by atoms with Gasteiger partial charge in [-0.25, -0.2) is 9.97 Å². The van der Waals surface area contributed by atoms with Gasteiger partial charge in [-0.05, 0) is 40.5 Å². The molecule has 4 rings (SSSR count). The summed E-state index contributed by atoms with van der Waals surface area (Å²) in [5.74, 6) is 0.982. The predicted molar refractivity (Wildman–Crippen MR) is 105 cm³/mol. The second-order valence-corrected chi connectivity index (χ2v) is 7.62. The summed E-state index contributed by atoms with van der Waals surface area (Å²) in [6, 6.07) is 10.0. The summed E-state index contributed by atoms with van der Waals surface area (Å²) in [6.45, 7) is 1.31. The molecule has 134 valence electrons. The van der Waals surface area contributed by atoms with Crippen molar-refractivity contribution in [3.05, 3.63) is 46.5 Å². The number of hydrogen-bond acceptors (Lipinski definition) is 6. The Labute approximate surface area is 160 Å². The molecule has 0 spiro atoms. The van der Waals surface area contributed by atoms with E-state index in [1.54, 1.807) is 11.8 Å². The standard InChI is InChI=1S/C19H18ClN3O2S/c20-14-7-12-10-25-9-11-3-1-4-13(17(11)12)18(14)15-8-16(23-19(21)22-15)26-6-2-5-24/h1,3-4,7-8,24H,2,5-6,9-10H2,(H2,21,22,23). The van der Waals surface area contributed by atoms with E-state index in [1.165, 1.54) is 5.39 Å². The molecule has 0 atom stereocenters. The summed E-state index contributed by atoms with van der Waals surface area (Å²) < 4.78 is 5.65. The Bertz CT molecular complexity index is 981. The highest BCUT2D eigenvalue weighted by Gasteiger charge is 2.20. The zero-order chi connectivity index (χ0) is 18.1. The molecule has 1 aliphatic rings. The first kappa shape index (κ1) is 17.5. The average molecular weight is 388 g/mol. The maximum Gasteiger partial charge on any atom is 0.221 e. The van der Waals surface area contributed by atoms with Crippen LogP contribution >= 0.6 is 23.4 Å². The molecule has 0 bridgehead atoms. The van der Waals surface area contributed by atoms with Gasteiger partial charge in [0.15, 0.2) is 0 Å². The van der Waals surface area contributed by atoms with E-state index in [0.717, 1.165) is 32.9 Å². The van der Waals surface area contributed by atoms with Gasteiger partial charge >= 0.3 is 0 Å². The third-order valence-electron chi connectivity index (χ3n) is 4.32. The van der Waals surface area contributed by atoms with Crippen molar-refractivity contribution in [3.63, 3.8) is 0 Å². The van der Waals surface area contributed by atoms with E-state index in [4.69, 9.17) is 27.2 Å². The molecule has 2 heterocycles. The van der Waals surface area contributed by atoms with E-state index in [2.05, 4.69) is 22.1 Å². The first-order chi connectivity index (χ1) is 12.7. The lowest BCUT2D eigenvalue weighted by atomic mass is 9.93. The van der Waals surface area contributed by atoms with Gasteiger partial charge < -0.3 is 15.6 Å². The van der Waals surface area contributed by atoms with Gasteiger partial charge in [-0.2, -0.15) is 0 Å². The van der Waals surface area contributed by atoms with Crippen molar-refractivity contribution in [2.75, 3.05) is 18.1 Å². The van der Waals surface area contributed by atoms with Crippen LogP contribution in [-0.4, -0.2) is 27.4 Å². The number of ether oxygens (including phenoxy) is 1. The number of halogens is 1. The van der Waals surface area contributed by atoms with Gasteiger partial charge in [-0.3, -0.25) is 0 Å². The predicted octanol–water partition coefficient (Wildman–Crippen LogP) is 4.04. The highest BCUT2D eigenvalue weighted by atomic mass is 35.5. The van der Waals surface area contributed by atoms with Crippen LogP contribution in [-0.2, 0) is 18.0 Å². The van der Waals surface area contributed by atoms with E-state index in [1.807, 2.05) is 18.2 Å². The van der Waals surface area contributed by atoms with Crippen molar-refractivity contribution in [1.82, 2.24) is 9.97 Å². The number of anilines is 1. The summed E-state index contributed by atoms with van der Waals surface area (Å²) >= 11 is 8.18. The van der Waals surface area contributed by atoms with Gasteiger partial charge in [0.1, 0.15) is 5.03 Å². The lowest BCUT2D eigenvalue weighted by Crippen LogP contribution is -2.05. The molecule has 0 radical (unpaired) electrons. The van der Waals surface area contributed by atoms with Crippen molar-refractivity contribution < 1.29 is 9.84 Å². The van der Waals surface area contributed by atoms with Gasteiger partial charge in [0.05, 0.1) is 23.9 Å². The van der Waals surface area contributed by atoms with Crippen molar-refractivity contribution in [3.8, 4) is 11.3 Å². The number of benzene rings is 2. The molecule has 3 N–H and O–H groups in total. The van der Waals surface area contributed by atoms with Crippen LogP contribution in [0.2, 0.25) is 5.02 Å². The molecular weight excluding hydrogens is 370 g/mol. The minimum atomic E-state index is 0.156. The van der Waals surface area contributed by atoms with Crippen molar-refractivity contribution in [2.45, 2.75) is 24.7 Å². The lowest BCUT2D eigenvalue weighted by Gasteiger charge is -2.20. The molecule has 2 aromatic carbocycles. The minimum absolute atomic E-state index is 0.156. The maximum absolute atomic E-state index is 8.97. The molecule has 1 aromatic heterocycles. The van der Waals surface area contributed by atoms with Gasteiger partial charge in [0.2, 0.25) is 5.95 Å². The number of rotatable bonds is 5. The average Bonchev–Trinajstić information content (AvgIpc) is 2.62. The molecule has 3 aromatic rings. The highest BCUT2D eigenvalue weighted by molar-refractivity contribution is 7.99. The second kappa shape index (κ2) is 7.40. The Hall–Kier alpha value is -1.86. The normalized spacial score (nSPS) is 13.3. The Kier molecular flexibility index (Phi) is 5.00. The number of aliphatic hydroxyl groups excluding tert-OH is 1. The van der Waals surface area contributed by atoms with Gasteiger partial charge in [0, 0.05) is 17.9 Å². The van der Waals surface area contributed by atoms with Crippen LogP contribution in [0.4, 0.5) is 5.95 Å². The largest absolute Gasteiger partial charge is 0.396 e. The Balaban J connectivity index is 1.87. The monoisotopic (exact) mass is 387 g/mol. The van der Waals surface area contributed by atoms with Crippen molar-refractivity contribution >= 4 is 40.1 Å². The van der Waals surface area contributed by atoms with E-state index in [9.17, 15) is 0 Å². The molecule has 0 saturated heterocycles. The summed E-state index contributed by atoms with van der Waals surface area (Å²) in [7, 11) is 0. The third kappa shape index (κ3) is 3.25. The summed E-state index contributed by atoms with van der Waals surface area (Å²) in [5.41, 5.74) is 9.77. The summed E-state index contributed by atoms with van der Waals surface area (Å²) in [6.07, 6.45) is 0.700. The molecule has 0 fully saturated rings. The molecule has 5 nitrogen and oxygen atoms in total. The smallest absolute Gasteiger partial charge is 0.221 e. The molecule has 7 heteroatoms. The topological polar surface area (TPSA) is 81.3 Å². The number of thioether (sulfide) groups is 1. The van der Waals surface area contributed by atoms with Crippen molar-refractivity contribution in [2.24, 2.45) is 0 Å². The number of nitrogens with zero attached hydrogens (tertiary/aromatic N) is 2. The Morgan fingerprint density at radius 3 is 2.88 bits per heavy atom. The number of nitrogens with two attached hydrogens (primary N) is 1. The summed E-state index contributed by atoms with van der Waals surface area (Å²) in [5, 5.41) is 12.6. The second-order valence-electron chi connectivity index (χ2n) is 6.10. The van der Waals surface area contributed by atoms with Gasteiger partial charge in [-0.1, -0.05) is 29.8 Å². The van der Waals surface area contributed by atoms with Crippen LogP contribution in [0.3, 0.4) is 0 Å². The third-order valence-corrected chi connectivity index (χ3v) is 5.62. The Morgan fingerprint density at radius 2 is 2.04 bits per heavy atom. The number of nitrogen functional groups attached to an aromatic ring is 1. The molecule has 0 aliphatic carbocycles. The fourth-order valence-electron chi connectivity index (χ4n) is 3.27. The fraction of sp³-hybridized carbons (Fsp3) is 0.263. The number of aromatic nitrogens is 2. The minimum Gasteiger partial charge on any atom is -0.396 e. The molecule has 0 amide bonds. The number of hydrogen-bond donors (Lipinski definition) is 2. The molecule has 26 heavy (non-hydrogen) atoms. The van der Waals surface area contributed by atoms with Crippen LogP contribution in [0.5, 0.6) is 0 Å². The maximum atomic E-state index is 8.97. The van der Waals surface area contributed by atoms with E-state index >= 15 is 0 Å². The van der Waals surface area contributed by atoms with Crippen LogP contribution in [0, 0.1) is 0 Å². The van der Waals surface area contributed by atoms with Crippen LogP contribution in [0.25, 0.3) is 22.0 Å². The number of aliphatic hydroxyl groups is 1. The quantitative estimate of drug-likeness (QED) is 0.390. The van der Waals surface area contributed by atoms with Crippen LogP contribution in [0.15, 0.2) is 35.4 Å². The van der Waals surface area contributed by atoms with Gasteiger partial charge in [-0.15, -0.1) is 11.8 Å². The fourth-order valence-corrected chi connectivity index (χ4v) is 4.43. The SMILES string of the molecule is Nc1nc(SCCCO)cc(-c2c(Cl)cc3c4c(cccc24)COC3)n1. The molecule has 0 saturated carbocycles. The Morgan fingerprint density at radius 1 is 1.19 bits per heavy atom. The van der Waals surface area contributed by atoms with E-state index < -0.39 is 0 Å². The molecule has 1 aliphatic heterocycles. The van der Waals surface area contributed by atoms with Gasteiger partial charge in [0.25, 0.3) is 0 Å². The van der Waals surface area contributed by atoms with Crippen LogP contribution < -0.4 is 5.73 Å². The first-order valence-electron chi connectivity index (χ1n) is 8.36. The highest BCUT2D eigenvalue weighted by Crippen LogP contribution is 2.40. The zero-order valence-electron chi connectivity index (χ0n) is 14.0. The van der Waals surface area contributed by atoms with Crippen molar-refractivity contribution in [1.29, 1.82) is 0 Å². The van der Waals surface area contributed by atoms with E-state index in [-0.39, 0.29) is 12.6 Å². The zero-order valence-corrected chi connectivity index (χ0v) is 15.6. The van der Waals surface area contributed by atoms with E-state index in [0.29, 0.717) is 30.4 Å². The molecular formula is C19H18ClN3O2S. The first-order valence-corrected chi connectivity index (χ1v) is 9.73. The lowest BCUT2D eigenvalue weighted by molar-refractivity contribution is 0.103. The summed E-state index contributed by atoms with van der Waals surface area (Å²) in [4.78, 5) is 8.72. The molecule has 0 unspecified atom stereocenters. The van der Waals surface area contributed by atoms with Crippen LogP contribution in [0.1, 0.15) is 17.5 Å².